The minimum atomic E-state index is -0.855. The molecule has 0 amide bonds. The van der Waals surface area contributed by atoms with Gasteiger partial charge in [-0.3, -0.25) is 4.21 Å². The van der Waals surface area contributed by atoms with Crippen molar-refractivity contribution in [1.29, 1.82) is 0 Å². The van der Waals surface area contributed by atoms with Crippen molar-refractivity contribution in [2.45, 2.75) is 64.3 Å². The van der Waals surface area contributed by atoms with Gasteiger partial charge in [-0.2, -0.15) is 0 Å². The summed E-state index contributed by atoms with van der Waals surface area (Å²) in [5.41, 5.74) is 2.39. The van der Waals surface area contributed by atoms with Crippen LogP contribution in [0.2, 0.25) is 0 Å². The van der Waals surface area contributed by atoms with Crippen LogP contribution in [-0.4, -0.2) is 22.5 Å². The Morgan fingerprint density at radius 1 is 1.25 bits per heavy atom. The van der Waals surface area contributed by atoms with Crippen LogP contribution in [0.3, 0.4) is 0 Å². The number of aryl methyl sites for hydroxylation is 2. The second-order valence-corrected chi connectivity index (χ2v) is 7.06. The molecule has 1 rings (SSSR count). The van der Waals surface area contributed by atoms with Gasteiger partial charge in [-0.25, -0.2) is 0 Å². The Morgan fingerprint density at radius 2 is 2.00 bits per heavy atom. The Labute approximate surface area is 126 Å². The third kappa shape index (κ3) is 5.76. The van der Waals surface area contributed by atoms with Crippen molar-refractivity contribution in [3.05, 3.63) is 29.3 Å². The maximum absolute atomic E-state index is 12.4. The van der Waals surface area contributed by atoms with Crippen molar-refractivity contribution in [3.63, 3.8) is 0 Å². The topological polar surface area (TPSA) is 29.1 Å². The first kappa shape index (κ1) is 17.4. The molecule has 0 aliphatic rings. The van der Waals surface area contributed by atoms with Crippen LogP contribution in [0.5, 0.6) is 0 Å². The van der Waals surface area contributed by atoms with Crippen molar-refractivity contribution >= 4 is 10.8 Å². The first-order valence-electron chi connectivity index (χ1n) is 7.77. The predicted molar refractivity (Wildman–Crippen MR) is 88.8 cm³/mol. The lowest BCUT2D eigenvalue weighted by atomic mass is 10.1. The molecule has 0 bridgehead atoms. The van der Waals surface area contributed by atoms with Gasteiger partial charge in [-0.15, -0.1) is 0 Å². The van der Waals surface area contributed by atoms with Gasteiger partial charge in [0.15, 0.2) is 0 Å². The van der Waals surface area contributed by atoms with Crippen LogP contribution < -0.4 is 5.32 Å². The minimum Gasteiger partial charge on any atom is -0.314 e. The molecule has 2 atom stereocenters. The van der Waals surface area contributed by atoms with Crippen LogP contribution in [0.15, 0.2) is 23.1 Å². The SMILES string of the molecule is CCCNC(CC)CCCS(=O)c1ccc(C)cc1C. The molecule has 2 nitrogen and oxygen atoms in total. The molecule has 1 aromatic rings. The van der Waals surface area contributed by atoms with Gasteiger partial charge < -0.3 is 5.32 Å². The van der Waals surface area contributed by atoms with Gasteiger partial charge in [0.05, 0.1) is 10.8 Å². The van der Waals surface area contributed by atoms with Crippen molar-refractivity contribution in [3.8, 4) is 0 Å². The number of rotatable bonds is 9. The van der Waals surface area contributed by atoms with E-state index in [0.29, 0.717) is 6.04 Å². The molecule has 0 saturated heterocycles. The van der Waals surface area contributed by atoms with Crippen LogP contribution in [0, 0.1) is 13.8 Å². The first-order chi connectivity index (χ1) is 9.58. The van der Waals surface area contributed by atoms with E-state index < -0.39 is 10.8 Å². The van der Waals surface area contributed by atoms with Crippen LogP contribution in [0.25, 0.3) is 0 Å². The molecule has 0 heterocycles. The van der Waals surface area contributed by atoms with E-state index in [1.165, 1.54) is 12.0 Å². The monoisotopic (exact) mass is 295 g/mol. The van der Waals surface area contributed by atoms with Crippen LogP contribution in [0.1, 0.15) is 50.7 Å². The zero-order valence-corrected chi connectivity index (χ0v) is 14.2. The molecule has 0 saturated carbocycles. The van der Waals surface area contributed by atoms with E-state index in [4.69, 9.17) is 0 Å². The molecule has 114 valence electrons. The average Bonchev–Trinajstić information content (AvgIpc) is 2.42. The molecular formula is C17H29NOS. The molecule has 0 spiro atoms. The lowest BCUT2D eigenvalue weighted by Crippen LogP contribution is -2.29. The highest BCUT2D eigenvalue weighted by Gasteiger charge is 2.09. The molecule has 3 heteroatoms. The maximum atomic E-state index is 12.4. The zero-order valence-electron chi connectivity index (χ0n) is 13.4. The third-order valence-corrected chi connectivity index (χ3v) is 5.24. The van der Waals surface area contributed by atoms with E-state index in [9.17, 15) is 4.21 Å². The van der Waals surface area contributed by atoms with Gasteiger partial charge in [-0.1, -0.05) is 31.5 Å². The minimum absolute atomic E-state index is 0.575. The lowest BCUT2D eigenvalue weighted by molar-refractivity contribution is 0.464. The van der Waals surface area contributed by atoms with Gasteiger partial charge in [0.1, 0.15) is 0 Å². The van der Waals surface area contributed by atoms with E-state index >= 15 is 0 Å². The summed E-state index contributed by atoms with van der Waals surface area (Å²) >= 11 is 0. The van der Waals surface area contributed by atoms with Crippen LogP contribution in [-0.2, 0) is 10.8 Å². The second kappa shape index (κ2) is 9.30. The van der Waals surface area contributed by atoms with E-state index in [1.54, 1.807) is 0 Å². The Balaban J connectivity index is 2.42. The van der Waals surface area contributed by atoms with E-state index in [1.807, 2.05) is 6.07 Å². The number of hydrogen-bond acceptors (Lipinski definition) is 2. The summed E-state index contributed by atoms with van der Waals surface area (Å²) in [5, 5.41) is 3.55. The van der Waals surface area contributed by atoms with E-state index in [2.05, 4.69) is 45.1 Å². The number of hydrogen-bond donors (Lipinski definition) is 1. The molecule has 1 N–H and O–H groups in total. The van der Waals surface area contributed by atoms with Gasteiger partial charge in [0.2, 0.25) is 0 Å². The Morgan fingerprint density at radius 3 is 2.60 bits per heavy atom. The molecule has 0 aliphatic carbocycles. The summed E-state index contributed by atoms with van der Waals surface area (Å²) in [6, 6.07) is 6.77. The van der Waals surface area contributed by atoms with Crippen LogP contribution >= 0.6 is 0 Å². The van der Waals surface area contributed by atoms with E-state index in [0.717, 1.165) is 42.0 Å². The van der Waals surface area contributed by atoms with Crippen molar-refractivity contribution < 1.29 is 4.21 Å². The molecular weight excluding hydrogens is 266 g/mol. The molecule has 1 aromatic carbocycles. The fourth-order valence-electron chi connectivity index (χ4n) is 2.42. The highest BCUT2D eigenvalue weighted by molar-refractivity contribution is 7.85. The number of benzene rings is 1. The van der Waals surface area contributed by atoms with Gasteiger partial charge in [0, 0.05) is 16.7 Å². The summed E-state index contributed by atoms with van der Waals surface area (Å²) in [4.78, 5) is 1.00. The highest BCUT2D eigenvalue weighted by Crippen LogP contribution is 2.16. The van der Waals surface area contributed by atoms with Gasteiger partial charge >= 0.3 is 0 Å². The maximum Gasteiger partial charge on any atom is 0.0532 e. The fourth-order valence-corrected chi connectivity index (χ4v) is 3.71. The molecule has 0 aromatic heterocycles. The van der Waals surface area contributed by atoms with Crippen molar-refractivity contribution in [2.75, 3.05) is 12.3 Å². The van der Waals surface area contributed by atoms with Crippen molar-refractivity contribution in [1.82, 2.24) is 5.32 Å². The Hall–Kier alpha value is -0.670. The molecule has 0 fully saturated rings. The summed E-state index contributed by atoms with van der Waals surface area (Å²) in [7, 11) is -0.855. The quantitative estimate of drug-likeness (QED) is 0.747. The molecule has 0 radical (unpaired) electrons. The highest BCUT2D eigenvalue weighted by atomic mass is 32.2. The number of nitrogens with one attached hydrogen (secondary N) is 1. The van der Waals surface area contributed by atoms with Crippen molar-refractivity contribution in [2.24, 2.45) is 0 Å². The molecule has 20 heavy (non-hydrogen) atoms. The average molecular weight is 295 g/mol. The standard InChI is InChI=1S/C17H29NOS/c1-5-11-18-16(6-2)8-7-12-20(19)17-10-9-14(3)13-15(17)4/h9-10,13,16,18H,5-8,11-12H2,1-4H3. The smallest absolute Gasteiger partial charge is 0.0532 e. The van der Waals surface area contributed by atoms with E-state index in [-0.39, 0.29) is 0 Å². The Bertz CT molecular complexity index is 431. The largest absolute Gasteiger partial charge is 0.314 e. The lowest BCUT2D eigenvalue weighted by Gasteiger charge is -2.16. The Kier molecular flexibility index (Phi) is 8.08. The predicted octanol–water partition coefficient (Wildman–Crippen LogP) is 3.97. The summed E-state index contributed by atoms with van der Waals surface area (Å²) in [6.45, 7) is 9.62. The second-order valence-electron chi connectivity index (χ2n) is 5.52. The van der Waals surface area contributed by atoms with Crippen LogP contribution in [0.4, 0.5) is 0 Å². The van der Waals surface area contributed by atoms with Gasteiger partial charge in [-0.05, 0) is 57.7 Å². The van der Waals surface area contributed by atoms with Gasteiger partial charge in [0.25, 0.3) is 0 Å². The molecule has 2 unspecified atom stereocenters. The summed E-state index contributed by atoms with van der Waals surface area (Å²) in [5.74, 6) is 0.772. The summed E-state index contributed by atoms with van der Waals surface area (Å²) in [6.07, 6.45) is 4.46. The zero-order chi connectivity index (χ0) is 15.0. The summed E-state index contributed by atoms with van der Waals surface area (Å²) < 4.78 is 12.4. The normalized spacial score (nSPS) is 14.2. The fraction of sp³-hybridized carbons (Fsp3) is 0.647. The molecule has 0 aliphatic heterocycles. The third-order valence-electron chi connectivity index (χ3n) is 3.63. The first-order valence-corrected chi connectivity index (χ1v) is 9.09.